The van der Waals surface area contributed by atoms with Gasteiger partial charge in [-0.1, -0.05) is 26.0 Å². The number of aliphatic hydroxyl groups is 1. The summed E-state index contributed by atoms with van der Waals surface area (Å²) < 4.78 is 19.2. The topological polar surface area (TPSA) is 29.5 Å². The zero-order valence-corrected chi connectivity index (χ0v) is 12.9. The molecule has 0 saturated carbocycles. The van der Waals surface area contributed by atoms with Gasteiger partial charge in [0, 0.05) is 5.56 Å². The van der Waals surface area contributed by atoms with Crippen molar-refractivity contribution < 1.29 is 14.2 Å². The first-order valence-corrected chi connectivity index (χ1v) is 7.14. The van der Waals surface area contributed by atoms with Gasteiger partial charge in [0.15, 0.2) is 0 Å². The number of ether oxygens (including phenoxy) is 1. The molecule has 3 heteroatoms. The van der Waals surface area contributed by atoms with Gasteiger partial charge >= 0.3 is 0 Å². The predicted molar refractivity (Wildman–Crippen MR) is 82.4 cm³/mol. The summed E-state index contributed by atoms with van der Waals surface area (Å²) in [4.78, 5) is 0. The molecule has 0 amide bonds. The summed E-state index contributed by atoms with van der Waals surface area (Å²) in [5.41, 5.74) is 2.63. The van der Waals surface area contributed by atoms with Gasteiger partial charge < -0.3 is 9.84 Å². The molecule has 2 aromatic rings. The third-order valence-corrected chi connectivity index (χ3v) is 3.52. The van der Waals surface area contributed by atoms with Gasteiger partial charge in [-0.05, 0) is 55.2 Å². The Kier molecular flexibility index (Phi) is 4.63. The van der Waals surface area contributed by atoms with Crippen molar-refractivity contribution in [2.45, 2.75) is 39.7 Å². The second-order valence-corrected chi connectivity index (χ2v) is 5.64. The van der Waals surface area contributed by atoms with Crippen molar-refractivity contribution in [2.75, 3.05) is 0 Å². The minimum absolute atomic E-state index is 0.383. The fraction of sp³-hybridized carbons (Fsp3) is 0.333. The molecular formula is C18H21FO2. The Labute approximate surface area is 125 Å². The lowest BCUT2D eigenvalue weighted by atomic mass is 10.0. The van der Waals surface area contributed by atoms with E-state index in [0.29, 0.717) is 17.2 Å². The maximum Gasteiger partial charge on any atom is 0.133 e. The first-order valence-electron chi connectivity index (χ1n) is 7.14. The van der Waals surface area contributed by atoms with E-state index in [1.54, 1.807) is 13.0 Å². The zero-order chi connectivity index (χ0) is 15.6. The average molecular weight is 288 g/mol. The summed E-state index contributed by atoms with van der Waals surface area (Å²) in [6.07, 6.45) is -0.788. The maximum absolute atomic E-state index is 13.3. The maximum atomic E-state index is 13.3. The Morgan fingerprint density at radius 1 is 1.00 bits per heavy atom. The summed E-state index contributed by atoms with van der Waals surface area (Å²) in [5, 5.41) is 9.77. The third kappa shape index (κ3) is 3.61. The van der Waals surface area contributed by atoms with Crippen LogP contribution in [0.2, 0.25) is 0 Å². The highest BCUT2D eigenvalue weighted by atomic mass is 19.1. The van der Waals surface area contributed by atoms with E-state index >= 15 is 0 Å². The number of aliphatic hydroxyl groups excluding tert-OH is 1. The van der Waals surface area contributed by atoms with Gasteiger partial charge in [0.05, 0.1) is 6.10 Å². The molecule has 0 aliphatic heterocycles. The van der Waals surface area contributed by atoms with E-state index in [9.17, 15) is 9.50 Å². The number of benzene rings is 2. The van der Waals surface area contributed by atoms with Crippen molar-refractivity contribution in [3.05, 3.63) is 58.9 Å². The molecule has 0 aliphatic rings. The number of hydrogen-bond donors (Lipinski definition) is 1. The standard InChI is InChI=1S/C18H21FO2/c1-11(2)14-6-5-12(3)18(9-14)21-17-8-7-15(19)10-16(17)13(4)20/h5-11,13,20H,1-4H3/t13-/m0/s1. The van der Waals surface area contributed by atoms with Crippen LogP contribution in [-0.2, 0) is 0 Å². The molecule has 0 bridgehead atoms. The number of rotatable bonds is 4. The summed E-state index contributed by atoms with van der Waals surface area (Å²) in [5.74, 6) is 1.23. The monoisotopic (exact) mass is 288 g/mol. The Bertz CT molecular complexity index is 633. The summed E-state index contributed by atoms with van der Waals surface area (Å²) >= 11 is 0. The highest BCUT2D eigenvalue weighted by molar-refractivity contribution is 5.44. The summed E-state index contributed by atoms with van der Waals surface area (Å²) in [6.45, 7) is 7.80. The lowest BCUT2D eigenvalue weighted by Crippen LogP contribution is -1.99. The Morgan fingerprint density at radius 3 is 2.33 bits per heavy atom. The van der Waals surface area contributed by atoms with Crippen LogP contribution in [0, 0.1) is 12.7 Å². The number of halogens is 1. The lowest BCUT2D eigenvalue weighted by molar-refractivity contribution is 0.195. The molecule has 0 saturated heterocycles. The summed E-state index contributed by atoms with van der Waals surface area (Å²) in [6, 6.07) is 10.3. The van der Waals surface area contributed by atoms with Crippen molar-refractivity contribution in [2.24, 2.45) is 0 Å². The molecule has 2 rings (SSSR count). The van der Waals surface area contributed by atoms with Gasteiger partial charge in [-0.2, -0.15) is 0 Å². The van der Waals surface area contributed by atoms with Gasteiger partial charge in [-0.3, -0.25) is 0 Å². The van der Waals surface area contributed by atoms with Crippen molar-refractivity contribution in [3.8, 4) is 11.5 Å². The van der Waals surface area contributed by atoms with Gasteiger partial charge in [0.2, 0.25) is 0 Å². The Hall–Kier alpha value is -1.87. The molecule has 0 unspecified atom stereocenters. The van der Waals surface area contributed by atoms with E-state index in [1.165, 1.54) is 17.7 Å². The van der Waals surface area contributed by atoms with Crippen molar-refractivity contribution in [1.29, 1.82) is 0 Å². The third-order valence-electron chi connectivity index (χ3n) is 3.52. The highest BCUT2D eigenvalue weighted by Gasteiger charge is 2.13. The van der Waals surface area contributed by atoms with Crippen LogP contribution >= 0.6 is 0 Å². The van der Waals surface area contributed by atoms with Crippen LogP contribution in [0.25, 0.3) is 0 Å². The second-order valence-electron chi connectivity index (χ2n) is 5.64. The molecule has 0 heterocycles. The fourth-order valence-corrected chi connectivity index (χ4v) is 2.14. The van der Waals surface area contributed by atoms with E-state index in [0.717, 1.165) is 11.3 Å². The van der Waals surface area contributed by atoms with Crippen molar-refractivity contribution in [3.63, 3.8) is 0 Å². The van der Waals surface area contributed by atoms with Gasteiger partial charge in [-0.15, -0.1) is 0 Å². The largest absolute Gasteiger partial charge is 0.457 e. The lowest BCUT2D eigenvalue weighted by Gasteiger charge is -2.16. The number of hydrogen-bond acceptors (Lipinski definition) is 2. The quantitative estimate of drug-likeness (QED) is 0.847. The minimum Gasteiger partial charge on any atom is -0.457 e. The molecule has 1 atom stereocenters. The molecule has 112 valence electrons. The molecule has 0 fully saturated rings. The van der Waals surface area contributed by atoms with E-state index in [2.05, 4.69) is 19.9 Å². The predicted octanol–water partition coefficient (Wildman–Crippen LogP) is 5.10. The fourth-order valence-electron chi connectivity index (χ4n) is 2.14. The number of aryl methyl sites for hydroxylation is 1. The van der Waals surface area contributed by atoms with Crippen LogP contribution in [0.5, 0.6) is 11.5 Å². The van der Waals surface area contributed by atoms with Crippen LogP contribution in [-0.4, -0.2) is 5.11 Å². The first-order chi connectivity index (χ1) is 9.88. The van der Waals surface area contributed by atoms with Gasteiger partial charge in [0.25, 0.3) is 0 Å². The highest BCUT2D eigenvalue weighted by Crippen LogP contribution is 2.33. The molecule has 0 radical (unpaired) electrons. The van der Waals surface area contributed by atoms with Crippen LogP contribution in [0.1, 0.15) is 49.5 Å². The van der Waals surface area contributed by atoms with Gasteiger partial charge in [0.1, 0.15) is 17.3 Å². The molecule has 0 aliphatic carbocycles. The molecule has 2 nitrogen and oxygen atoms in total. The minimum atomic E-state index is -0.788. The van der Waals surface area contributed by atoms with E-state index < -0.39 is 6.10 Å². The van der Waals surface area contributed by atoms with Crippen LogP contribution in [0.4, 0.5) is 4.39 Å². The Balaban J connectivity index is 2.40. The van der Waals surface area contributed by atoms with Crippen molar-refractivity contribution in [1.82, 2.24) is 0 Å². The molecule has 21 heavy (non-hydrogen) atoms. The van der Waals surface area contributed by atoms with Crippen LogP contribution in [0.15, 0.2) is 36.4 Å². The smallest absolute Gasteiger partial charge is 0.133 e. The normalized spacial score (nSPS) is 12.5. The Morgan fingerprint density at radius 2 is 1.71 bits per heavy atom. The van der Waals surface area contributed by atoms with Crippen LogP contribution in [0.3, 0.4) is 0 Å². The second kappa shape index (κ2) is 6.27. The zero-order valence-electron chi connectivity index (χ0n) is 12.9. The average Bonchev–Trinajstić information content (AvgIpc) is 2.42. The molecular weight excluding hydrogens is 267 g/mol. The SMILES string of the molecule is Cc1ccc(C(C)C)cc1Oc1ccc(F)cc1[C@H](C)O. The van der Waals surface area contributed by atoms with E-state index in [-0.39, 0.29) is 5.82 Å². The summed E-state index contributed by atoms with van der Waals surface area (Å²) in [7, 11) is 0. The molecule has 0 spiro atoms. The van der Waals surface area contributed by atoms with Crippen molar-refractivity contribution >= 4 is 0 Å². The molecule has 0 aromatic heterocycles. The van der Waals surface area contributed by atoms with E-state index in [4.69, 9.17) is 4.74 Å². The first kappa shape index (κ1) is 15.5. The molecule has 2 aromatic carbocycles. The van der Waals surface area contributed by atoms with Gasteiger partial charge in [-0.25, -0.2) is 4.39 Å². The van der Waals surface area contributed by atoms with Crippen LogP contribution < -0.4 is 4.74 Å². The molecule has 1 N–H and O–H groups in total. The van der Waals surface area contributed by atoms with E-state index in [1.807, 2.05) is 19.1 Å².